The predicted octanol–water partition coefficient (Wildman–Crippen LogP) is 0.492. The van der Waals surface area contributed by atoms with Gasteiger partial charge in [-0.3, -0.25) is 4.79 Å². The van der Waals surface area contributed by atoms with Crippen molar-refractivity contribution in [3.8, 4) is 0 Å². The molecule has 1 aliphatic heterocycles. The molecule has 94 valence electrons. The third kappa shape index (κ3) is 4.92. The molecule has 0 aliphatic carbocycles. The van der Waals surface area contributed by atoms with Gasteiger partial charge >= 0.3 is 5.97 Å². The second kappa shape index (κ2) is 7.60. The van der Waals surface area contributed by atoms with Crippen LogP contribution >= 0.6 is 0 Å². The number of ether oxygens (including phenoxy) is 2. The molecule has 0 amide bonds. The zero-order valence-electron chi connectivity index (χ0n) is 9.78. The van der Waals surface area contributed by atoms with Gasteiger partial charge < -0.3 is 19.9 Å². The maximum Gasteiger partial charge on any atom is 0.320 e. The number of rotatable bonds is 8. The Morgan fingerprint density at radius 1 is 1.69 bits per heavy atom. The summed E-state index contributed by atoms with van der Waals surface area (Å²) in [7, 11) is 0. The summed E-state index contributed by atoms with van der Waals surface area (Å²) in [6.07, 6.45) is 1.56. The van der Waals surface area contributed by atoms with Gasteiger partial charge in [0.15, 0.2) is 0 Å². The van der Waals surface area contributed by atoms with E-state index in [4.69, 9.17) is 14.6 Å². The molecule has 0 aromatic heterocycles. The van der Waals surface area contributed by atoms with Gasteiger partial charge in [0, 0.05) is 19.1 Å². The summed E-state index contributed by atoms with van der Waals surface area (Å²) in [5, 5.41) is 11.8. The molecule has 5 nitrogen and oxygen atoms in total. The third-order valence-corrected chi connectivity index (χ3v) is 2.68. The average molecular weight is 231 g/mol. The van der Waals surface area contributed by atoms with Gasteiger partial charge in [0.25, 0.3) is 0 Å². The Morgan fingerprint density at radius 2 is 2.50 bits per heavy atom. The SMILES string of the molecule is CCNC(CCOCC1CCOC1)C(=O)O. The topological polar surface area (TPSA) is 67.8 Å². The molecule has 1 fully saturated rings. The summed E-state index contributed by atoms with van der Waals surface area (Å²) >= 11 is 0. The van der Waals surface area contributed by atoms with E-state index in [9.17, 15) is 4.79 Å². The lowest BCUT2D eigenvalue weighted by Crippen LogP contribution is -2.37. The van der Waals surface area contributed by atoms with Crippen LogP contribution in [-0.2, 0) is 14.3 Å². The van der Waals surface area contributed by atoms with Crippen LogP contribution in [0.4, 0.5) is 0 Å². The lowest BCUT2D eigenvalue weighted by molar-refractivity contribution is -0.140. The smallest absolute Gasteiger partial charge is 0.320 e. The molecule has 1 heterocycles. The largest absolute Gasteiger partial charge is 0.480 e. The number of carbonyl (C=O) groups is 1. The van der Waals surface area contributed by atoms with Crippen molar-refractivity contribution < 1.29 is 19.4 Å². The van der Waals surface area contributed by atoms with Crippen molar-refractivity contribution in [3.63, 3.8) is 0 Å². The fourth-order valence-electron chi connectivity index (χ4n) is 1.73. The van der Waals surface area contributed by atoms with Crippen LogP contribution in [0.15, 0.2) is 0 Å². The van der Waals surface area contributed by atoms with Gasteiger partial charge in [-0.05, 0) is 19.4 Å². The first kappa shape index (κ1) is 13.4. The summed E-state index contributed by atoms with van der Waals surface area (Å²) in [5.41, 5.74) is 0. The molecule has 0 radical (unpaired) electrons. The highest BCUT2D eigenvalue weighted by Gasteiger charge is 2.17. The number of hydrogen-bond acceptors (Lipinski definition) is 4. The van der Waals surface area contributed by atoms with E-state index in [0.29, 0.717) is 32.1 Å². The van der Waals surface area contributed by atoms with Crippen molar-refractivity contribution in [2.75, 3.05) is 33.0 Å². The van der Waals surface area contributed by atoms with Crippen LogP contribution < -0.4 is 5.32 Å². The maximum atomic E-state index is 10.8. The van der Waals surface area contributed by atoms with Crippen LogP contribution in [0.1, 0.15) is 19.8 Å². The normalized spacial score (nSPS) is 22.2. The van der Waals surface area contributed by atoms with Crippen LogP contribution in [0.2, 0.25) is 0 Å². The highest BCUT2D eigenvalue weighted by Crippen LogP contribution is 2.12. The average Bonchev–Trinajstić information content (AvgIpc) is 2.75. The van der Waals surface area contributed by atoms with E-state index in [1.54, 1.807) is 0 Å². The van der Waals surface area contributed by atoms with Crippen LogP contribution in [0, 0.1) is 5.92 Å². The molecule has 0 aromatic carbocycles. The molecule has 2 N–H and O–H groups in total. The molecule has 0 aromatic rings. The number of aliphatic carboxylic acids is 1. The Balaban J connectivity index is 2.05. The molecule has 0 saturated carbocycles. The van der Waals surface area contributed by atoms with E-state index in [1.807, 2.05) is 6.92 Å². The lowest BCUT2D eigenvalue weighted by Gasteiger charge is -2.14. The number of hydrogen-bond donors (Lipinski definition) is 2. The lowest BCUT2D eigenvalue weighted by atomic mass is 10.1. The van der Waals surface area contributed by atoms with E-state index < -0.39 is 12.0 Å². The van der Waals surface area contributed by atoms with Crippen molar-refractivity contribution in [2.24, 2.45) is 5.92 Å². The molecule has 2 unspecified atom stereocenters. The minimum atomic E-state index is -0.811. The van der Waals surface area contributed by atoms with Crippen molar-refractivity contribution in [1.82, 2.24) is 5.32 Å². The third-order valence-electron chi connectivity index (χ3n) is 2.68. The Kier molecular flexibility index (Phi) is 6.37. The Bertz CT molecular complexity index is 204. The molecule has 1 rings (SSSR count). The minimum Gasteiger partial charge on any atom is -0.480 e. The Labute approximate surface area is 96.1 Å². The monoisotopic (exact) mass is 231 g/mol. The van der Waals surface area contributed by atoms with Gasteiger partial charge in [-0.25, -0.2) is 0 Å². The second-order valence-corrected chi connectivity index (χ2v) is 4.04. The molecule has 0 bridgehead atoms. The van der Waals surface area contributed by atoms with Gasteiger partial charge in [0.05, 0.1) is 13.2 Å². The minimum absolute atomic E-state index is 0.487. The molecule has 0 spiro atoms. The van der Waals surface area contributed by atoms with Gasteiger partial charge in [-0.15, -0.1) is 0 Å². The van der Waals surface area contributed by atoms with Crippen LogP contribution in [0.5, 0.6) is 0 Å². The van der Waals surface area contributed by atoms with E-state index in [1.165, 1.54) is 0 Å². The summed E-state index contributed by atoms with van der Waals surface area (Å²) in [6, 6.07) is -0.496. The zero-order chi connectivity index (χ0) is 11.8. The van der Waals surface area contributed by atoms with Gasteiger partial charge in [0.1, 0.15) is 6.04 Å². The molecule has 5 heteroatoms. The fourth-order valence-corrected chi connectivity index (χ4v) is 1.73. The van der Waals surface area contributed by atoms with Crippen LogP contribution in [-0.4, -0.2) is 50.1 Å². The van der Waals surface area contributed by atoms with E-state index in [-0.39, 0.29) is 0 Å². The second-order valence-electron chi connectivity index (χ2n) is 4.04. The molecular weight excluding hydrogens is 210 g/mol. The summed E-state index contributed by atoms with van der Waals surface area (Å²) in [5.74, 6) is -0.322. The van der Waals surface area contributed by atoms with Crippen molar-refractivity contribution >= 4 is 5.97 Å². The van der Waals surface area contributed by atoms with E-state index in [2.05, 4.69) is 5.32 Å². The first-order valence-corrected chi connectivity index (χ1v) is 5.85. The van der Waals surface area contributed by atoms with Crippen molar-refractivity contribution in [2.45, 2.75) is 25.8 Å². The highest BCUT2D eigenvalue weighted by molar-refractivity contribution is 5.73. The Morgan fingerprint density at radius 3 is 3.06 bits per heavy atom. The number of likely N-dealkylation sites (N-methyl/N-ethyl adjacent to an activating group) is 1. The number of carboxylic acid groups (broad SMARTS) is 1. The molecule has 2 atom stereocenters. The zero-order valence-corrected chi connectivity index (χ0v) is 9.78. The van der Waals surface area contributed by atoms with E-state index >= 15 is 0 Å². The molecule has 1 aliphatic rings. The van der Waals surface area contributed by atoms with Gasteiger partial charge in [0.2, 0.25) is 0 Å². The molecule has 16 heavy (non-hydrogen) atoms. The van der Waals surface area contributed by atoms with Gasteiger partial charge in [-0.2, -0.15) is 0 Å². The fraction of sp³-hybridized carbons (Fsp3) is 0.909. The summed E-state index contributed by atoms with van der Waals surface area (Å²) < 4.78 is 10.7. The number of nitrogens with one attached hydrogen (secondary N) is 1. The predicted molar refractivity (Wildman–Crippen MR) is 59.5 cm³/mol. The Hall–Kier alpha value is -0.650. The molecule has 1 saturated heterocycles. The van der Waals surface area contributed by atoms with Gasteiger partial charge in [-0.1, -0.05) is 6.92 Å². The number of carboxylic acids is 1. The standard InChI is InChI=1S/C11H21NO4/c1-2-12-10(11(13)14)4-6-16-8-9-3-5-15-7-9/h9-10,12H,2-8H2,1H3,(H,13,14). The van der Waals surface area contributed by atoms with Crippen molar-refractivity contribution in [1.29, 1.82) is 0 Å². The quantitative estimate of drug-likeness (QED) is 0.595. The van der Waals surface area contributed by atoms with E-state index in [0.717, 1.165) is 19.6 Å². The van der Waals surface area contributed by atoms with Crippen molar-refractivity contribution in [3.05, 3.63) is 0 Å². The van der Waals surface area contributed by atoms with Crippen LogP contribution in [0.3, 0.4) is 0 Å². The maximum absolute atomic E-state index is 10.8. The highest BCUT2D eigenvalue weighted by atomic mass is 16.5. The summed E-state index contributed by atoms with van der Waals surface area (Å²) in [4.78, 5) is 10.8. The first-order chi connectivity index (χ1) is 7.74. The first-order valence-electron chi connectivity index (χ1n) is 5.85. The summed E-state index contributed by atoms with van der Waals surface area (Å²) in [6.45, 7) is 5.32. The molecular formula is C11H21NO4. The van der Waals surface area contributed by atoms with Crippen LogP contribution in [0.25, 0.3) is 0 Å².